The van der Waals surface area contributed by atoms with E-state index in [-0.39, 0.29) is 0 Å². The van der Waals surface area contributed by atoms with Crippen molar-refractivity contribution in [2.24, 2.45) is 0 Å². The quantitative estimate of drug-likeness (QED) is 0.776. The van der Waals surface area contributed by atoms with Crippen molar-refractivity contribution >= 4 is 11.6 Å². The van der Waals surface area contributed by atoms with Gasteiger partial charge in [-0.15, -0.1) is 0 Å². The highest BCUT2D eigenvalue weighted by Gasteiger charge is 2.23. The van der Waals surface area contributed by atoms with E-state index in [1.807, 2.05) is 43.3 Å². The Morgan fingerprint density at radius 3 is 2.23 bits per heavy atom. The molecule has 1 fully saturated rings. The number of nitrogens with zero attached hydrogens (tertiary/aromatic N) is 1. The molecule has 1 aliphatic rings. The minimum absolute atomic E-state index is 0.681. The molecule has 3 rings (SSSR count). The molecule has 0 spiro atoms. The SMILES string of the molecule is CC(O)(CCCN1CCOCC1)c1ccc(Oc2ccc(Cl)cc2)cc1. The second kappa shape index (κ2) is 8.87. The van der Waals surface area contributed by atoms with Gasteiger partial charge in [-0.3, -0.25) is 4.90 Å². The van der Waals surface area contributed by atoms with Crippen molar-refractivity contribution in [3.63, 3.8) is 0 Å². The Morgan fingerprint density at radius 2 is 1.62 bits per heavy atom. The van der Waals surface area contributed by atoms with E-state index in [4.69, 9.17) is 21.1 Å². The standard InChI is InChI=1S/C21H26ClNO3/c1-21(24,11-2-12-23-13-15-25-16-14-23)17-3-7-19(8-4-17)26-20-9-5-18(22)6-10-20/h3-10,24H,2,11-16H2,1H3. The van der Waals surface area contributed by atoms with Crippen LogP contribution in [0.3, 0.4) is 0 Å². The fourth-order valence-electron chi connectivity index (χ4n) is 3.14. The third-order valence-corrected chi connectivity index (χ3v) is 5.02. The summed E-state index contributed by atoms with van der Waals surface area (Å²) in [6.07, 6.45) is 1.68. The molecule has 140 valence electrons. The van der Waals surface area contributed by atoms with E-state index in [0.29, 0.717) is 5.02 Å². The number of ether oxygens (including phenoxy) is 2. The van der Waals surface area contributed by atoms with Crippen molar-refractivity contribution in [1.82, 2.24) is 4.90 Å². The molecule has 0 aliphatic carbocycles. The summed E-state index contributed by atoms with van der Waals surface area (Å²) in [6, 6.07) is 14.9. The van der Waals surface area contributed by atoms with E-state index < -0.39 is 5.60 Å². The van der Waals surface area contributed by atoms with Crippen LogP contribution in [0.25, 0.3) is 0 Å². The first kappa shape index (κ1) is 19.2. The normalized spacial score (nSPS) is 17.7. The van der Waals surface area contributed by atoms with Gasteiger partial charge in [-0.05, 0) is 68.3 Å². The summed E-state index contributed by atoms with van der Waals surface area (Å²) in [6.45, 7) is 6.47. The predicted octanol–water partition coefficient (Wildman–Crippen LogP) is 4.45. The molecular formula is C21H26ClNO3. The summed E-state index contributed by atoms with van der Waals surface area (Å²) < 4.78 is 11.2. The van der Waals surface area contributed by atoms with Crippen molar-refractivity contribution in [1.29, 1.82) is 0 Å². The molecule has 5 heteroatoms. The molecule has 0 radical (unpaired) electrons. The first-order valence-corrected chi connectivity index (χ1v) is 9.47. The smallest absolute Gasteiger partial charge is 0.127 e. The Labute approximate surface area is 160 Å². The minimum Gasteiger partial charge on any atom is -0.457 e. The number of morpholine rings is 1. The Kier molecular flexibility index (Phi) is 6.54. The monoisotopic (exact) mass is 375 g/mol. The third-order valence-electron chi connectivity index (χ3n) is 4.77. The lowest BCUT2D eigenvalue weighted by atomic mass is 9.91. The lowest BCUT2D eigenvalue weighted by Gasteiger charge is -2.29. The van der Waals surface area contributed by atoms with Gasteiger partial charge in [0.15, 0.2) is 0 Å². The number of aliphatic hydroxyl groups is 1. The highest BCUT2D eigenvalue weighted by atomic mass is 35.5. The maximum Gasteiger partial charge on any atom is 0.127 e. The van der Waals surface area contributed by atoms with Gasteiger partial charge in [-0.1, -0.05) is 23.7 Å². The van der Waals surface area contributed by atoms with Crippen LogP contribution >= 0.6 is 11.6 Å². The minimum atomic E-state index is -0.842. The Bertz CT molecular complexity index is 679. The van der Waals surface area contributed by atoms with Gasteiger partial charge in [0.2, 0.25) is 0 Å². The zero-order chi connectivity index (χ0) is 18.4. The average molecular weight is 376 g/mol. The van der Waals surface area contributed by atoms with E-state index in [1.165, 1.54) is 0 Å². The molecule has 2 aromatic rings. The third kappa shape index (κ3) is 5.45. The lowest BCUT2D eigenvalue weighted by molar-refractivity contribution is 0.0222. The van der Waals surface area contributed by atoms with Crippen LogP contribution in [0.2, 0.25) is 5.02 Å². The van der Waals surface area contributed by atoms with Crippen LogP contribution in [0, 0.1) is 0 Å². The molecule has 1 aliphatic heterocycles. The maximum absolute atomic E-state index is 10.8. The molecule has 1 unspecified atom stereocenters. The summed E-state index contributed by atoms with van der Waals surface area (Å²) in [4.78, 5) is 2.39. The van der Waals surface area contributed by atoms with E-state index in [9.17, 15) is 5.11 Å². The van der Waals surface area contributed by atoms with Crippen LogP contribution in [0.1, 0.15) is 25.3 Å². The summed E-state index contributed by atoms with van der Waals surface area (Å²) in [5.74, 6) is 1.47. The van der Waals surface area contributed by atoms with Gasteiger partial charge in [0.1, 0.15) is 11.5 Å². The van der Waals surface area contributed by atoms with Crippen LogP contribution < -0.4 is 4.74 Å². The number of benzene rings is 2. The predicted molar refractivity (Wildman–Crippen MR) is 104 cm³/mol. The fraction of sp³-hybridized carbons (Fsp3) is 0.429. The van der Waals surface area contributed by atoms with E-state index in [2.05, 4.69) is 4.90 Å². The number of rotatable bonds is 7. The summed E-state index contributed by atoms with van der Waals surface area (Å²) in [5.41, 5.74) is 0.0633. The van der Waals surface area contributed by atoms with Crippen molar-refractivity contribution in [3.05, 3.63) is 59.1 Å². The number of halogens is 1. The van der Waals surface area contributed by atoms with Crippen molar-refractivity contribution in [3.8, 4) is 11.5 Å². The second-order valence-corrected chi connectivity index (χ2v) is 7.35. The van der Waals surface area contributed by atoms with Gasteiger partial charge in [0.25, 0.3) is 0 Å². The first-order chi connectivity index (χ1) is 12.5. The molecule has 26 heavy (non-hydrogen) atoms. The van der Waals surface area contributed by atoms with Crippen LogP contribution in [0.15, 0.2) is 48.5 Å². The summed E-state index contributed by atoms with van der Waals surface area (Å²) >= 11 is 5.88. The zero-order valence-electron chi connectivity index (χ0n) is 15.2. The second-order valence-electron chi connectivity index (χ2n) is 6.91. The molecule has 0 amide bonds. The van der Waals surface area contributed by atoms with Crippen molar-refractivity contribution in [2.45, 2.75) is 25.4 Å². The van der Waals surface area contributed by atoms with Gasteiger partial charge >= 0.3 is 0 Å². The molecule has 0 aromatic heterocycles. The number of hydrogen-bond donors (Lipinski definition) is 1. The fourth-order valence-corrected chi connectivity index (χ4v) is 3.26. The molecule has 1 atom stereocenters. The van der Waals surface area contributed by atoms with Crippen LogP contribution in [-0.2, 0) is 10.3 Å². The highest BCUT2D eigenvalue weighted by Crippen LogP contribution is 2.29. The molecule has 1 heterocycles. The summed E-state index contributed by atoms with van der Waals surface area (Å²) in [5, 5.41) is 11.5. The average Bonchev–Trinajstić information content (AvgIpc) is 2.65. The van der Waals surface area contributed by atoms with Gasteiger partial charge in [-0.2, -0.15) is 0 Å². The molecule has 1 N–H and O–H groups in total. The molecule has 0 bridgehead atoms. The lowest BCUT2D eigenvalue weighted by Crippen LogP contribution is -2.37. The van der Waals surface area contributed by atoms with E-state index in [1.54, 1.807) is 12.1 Å². The molecule has 1 saturated heterocycles. The Hall–Kier alpha value is -1.59. The molecular weight excluding hydrogens is 350 g/mol. The van der Waals surface area contributed by atoms with Gasteiger partial charge in [-0.25, -0.2) is 0 Å². The number of hydrogen-bond acceptors (Lipinski definition) is 4. The van der Waals surface area contributed by atoms with Gasteiger partial charge in [0.05, 0.1) is 18.8 Å². The van der Waals surface area contributed by atoms with E-state index >= 15 is 0 Å². The molecule has 2 aromatic carbocycles. The Morgan fingerprint density at radius 1 is 1.04 bits per heavy atom. The largest absolute Gasteiger partial charge is 0.457 e. The van der Waals surface area contributed by atoms with Crippen LogP contribution in [0.5, 0.6) is 11.5 Å². The van der Waals surface area contributed by atoms with Crippen molar-refractivity contribution < 1.29 is 14.6 Å². The molecule has 0 saturated carbocycles. The van der Waals surface area contributed by atoms with Crippen LogP contribution in [-0.4, -0.2) is 42.9 Å². The topological polar surface area (TPSA) is 41.9 Å². The molecule has 4 nitrogen and oxygen atoms in total. The van der Waals surface area contributed by atoms with Gasteiger partial charge < -0.3 is 14.6 Å². The zero-order valence-corrected chi connectivity index (χ0v) is 15.9. The van der Waals surface area contributed by atoms with Crippen LogP contribution in [0.4, 0.5) is 0 Å². The van der Waals surface area contributed by atoms with E-state index in [0.717, 1.165) is 62.8 Å². The first-order valence-electron chi connectivity index (χ1n) is 9.09. The van der Waals surface area contributed by atoms with Gasteiger partial charge in [0, 0.05) is 18.1 Å². The Balaban J connectivity index is 1.53. The maximum atomic E-state index is 10.8. The van der Waals surface area contributed by atoms with Crippen molar-refractivity contribution in [2.75, 3.05) is 32.8 Å². The highest BCUT2D eigenvalue weighted by molar-refractivity contribution is 6.30. The summed E-state index contributed by atoms with van der Waals surface area (Å²) in [7, 11) is 0.